The normalized spacial score (nSPS) is 17.2. The monoisotopic (exact) mass is 296 g/mol. The number of rotatable bonds is 4. The van der Waals surface area contributed by atoms with Gasteiger partial charge in [0.2, 0.25) is 0 Å². The third-order valence-electron chi connectivity index (χ3n) is 1.23. The van der Waals surface area contributed by atoms with E-state index in [0.717, 1.165) is 0 Å². The van der Waals surface area contributed by atoms with Crippen LogP contribution < -0.4 is 0 Å². The van der Waals surface area contributed by atoms with Crippen molar-refractivity contribution in [1.29, 1.82) is 0 Å². The number of halogens is 10. The number of hydrogen-bond donors (Lipinski definition) is 0. The maximum Gasteiger partial charge on any atom is 0.525 e. The fraction of sp³-hybridized carbons (Fsp3) is 0.667. The lowest BCUT2D eigenvalue weighted by Crippen LogP contribution is -2.60. The van der Waals surface area contributed by atoms with Gasteiger partial charge in [0, 0.05) is 0 Å². The SMILES string of the molecule is C=C(F)OC(F)(F)C(F)(OC(F)(F)F)C(F)(F)F. The smallest absolute Gasteiger partial charge is 0.402 e. The Bertz CT molecular complexity index is 317. The zero-order chi connectivity index (χ0) is 15.0. The van der Waals surface area contributed by atoms with Crippen molar-refractivity contribution < 1.29 is 53.4 Å². The highest BCUT2D eigenvalue weighted by atomic mass is 19.4. The predicted octanol–water partition coefficient (Wildman–Crippen LogP) is 3.80. The molecule has 0 aromatic carbocycles. The van der Waals surface area contributed by atoms with Gasteiger partial charge in [-0.05, 0) is 6.58 Å². The fourth-order valence-corrected chi connectivity index (χ4v) is 0.646. The lowest BCUT2D eigenvalue weighted by molar-refractivity contribution is -0.517. The summed E-state index contributed by atoms with van der Waals surface area (Å²) >= 11 is 0. The van der Waals surface area contributed by atoms with Crippen LogP contribution in [-0.4, -0.2) is 24.5 Å². The average molecular weight is 296 g/mol. The zero-order valence-electron chi connectivity index (χ0n) is 7.80. The molecule has 0 aliphatic heterocycles. The summed E-state index contributed by atoms with van der Waals surface area (Å²) in [7, 11) is 0. The first-order valence-corrected chi connectivity index (χ1v) is 3.56. The highest BCUT2D eigenvalue weighted by molar-refractivity contribution is 4.89. The predicted molar refractivity (Wildman–Crippen MR) is 33.3 cm³/mol. The van der Waals surface area contributed by atoms with Crippen molar-refractivity contribution in [2.75, 3.05) is 0 Å². The highest BCUT2D eigenvalue weighted by Crippen LogP contribution is 2.50. The molecule has 0 N–H and O–H groups in total. The highest BCUT2D eigenvalue weighted by Gasteiger charge is 2.78. The van der Waals surface area contributed by atoms with Crippen LogP contribution in [0.4, 0.5) is 43.9 Å². The van der Waals surface area contributed by atoms with Crippen molar-refractivity contribution in [3.05, 3.63) is 12.6 Å². The van der Waals surface area contributed by atoms with E-state index in [1.807, 2.05) is 6.58 Å². The number of alkyl halides is 9. The van der Waals surface area contributed by atoms with Crippen molar-refractivity contribution in [2.45, 2.75) is 24.5 Å². The molecule has 108 valence electrons. The summed E-state index contributed by atoms with van der Waals surface area (Å²) in [6, 6.07) is -2.64. The van der Waals surface area contributed by atoms with E-state index in [4.69, 9.17) is 0 Å². The summed E-state index contributed by atoms with van der Waals surface area (Å²) in [5.41, 5.74) is 0. The average Bonchev–Trinajstić information content (AvgIpc) is 1.94. The van der Waals surface area contributed by atoms with Crippen LogP contribution in [-0.2, 0) is 9.47 Å². The first-order valence-electron chi connectivity index (χ1n) is 3.56. The lowest BCUT2D eigenvalue weighted by Gasteiger charge is -2.33. The first kappa shape index (κ1) is 16.8. The molecule has 0 aliphatic carbocycles. The molecule has 1 unspecified atom stereocenters. The Labute approximate surface area is 91.8 Å². The van der Waals surface area contributed by atoms with E-state index < -0.39 is 30.5 Å². The molecule has 0 aromatic heterocycles. The molecule has 2 nitrogen and oxygen atoms in total. The summed E-state index contributed by atoms with van der Waals surface area (Å²) < 4.78 is 124. The van der Waals surface area contributed by atoms with E-state index in [2.05, 4.69) is 4.74 Å². The summed E-state index contributed by atoms with van der Waals surface area (Å²) in [6.45, 7) is 1.89. The Morgan fingerprint density at radius 1 is 0.833 bits per heavy atom. The van der Waals surface area contributed by atoms with Gasteiger partial charge in [-0.25, -0.2) is 4.74 Å². The summed E-state index contributed by atoms with van der Waals surface area (Å²) in [5, 5.41) is 0. The Hall–Kier alpha value is -1.20. The van der Waals surface area contributed by atoms with Crippen LogP contribution in [0.5, 0.6) is 0 Å². The molecule has 0 bridgehead atoms. The van der Waals surface area contributed by atoms with Gasteiger partial charge in [0.05, 0.1) is 0 Å². The minimum absolute atomic E-state index is 1.68. The second kappa shape index (κ2) is 4.48. The molecular formula is C6H2F10O2. The molecule has 0 radical (unpaired) electrons. The van der Waals surface area contributed by atoms with Crippen LogP contribution in [0, 0.1) is 0 Å². The Morgan fingerprint density at radius 3 is 1.44 bits per heavy atom. The second-order valence-electron chi connectivity index (χ2n) is 2.61. The Kier molecular flexibility index (Phi) is 4.18. The standard InChI is InChI=1S/C6H2F10O2/c1-2(7)17-5(12,13)3(8,4(9,10)11)18-6(14,15)16/h1H2. The van der Waals surface area contributed by atoms with Gasteiger partial charge in [0.1, 0.15) is 0 Å². The van der Waals surface area contributed by atoms with E-state index in [9.17, 15) is 43.9 Å². The zero-order valence-corrected chi connectivity index (χ0v) is 7.80. The van der Waals surface area contributed by atoms with Gasteiger partial charge in [-0.15, -0.1) is 13.2 Å². The van der Waals surface area contributed by atoms with Crippen LogP contribution in [0.3, 0.4) is 0 Å². The minimum atomic E-state index is -6.86. The molecule has 0 aromatic rings. The summed E-state index contributed by atoms with van der Waals surface area (Å²) in [5.74, 6) is -6.63. The maximum atomic E-state index is 12.8. The van der Waals surface area contributed by atoms with Crippen molar-refractivity contribution >= 4 is 0 Å². The van der Waals surface area contributed by atoms with Gasteiger partial charge in [0.15, 0.2) is 0 Å². The van der Waals surface area contributed by atoms with Gasteiger partial charge in [-0.1, -0.05) is 0 Å². The first-order chi connectivity index (χ1) is 7.62. The Morgan fingerprint density at radius 2 is 1.22 bits per heavy atom. The van der Waals surface area contributed by atoms with Gasteiger partial charge >= 0.3 is 24.5 Å². The summed E-state index contributed by atoms with van der Waals surface area (Å²) in [4.78, 5) is 0. The van der Waals surface area contributed by atoms with Gasteiger partial charge in [0.25, 0.3) is 6.01 Å². The molecule has 0 heterocycles. The molecule has 0 saturated heterocycles. The molecule has 0 spiro atoms. The molecule has 1 atom stereocenters. The van der Waals surface area contributed by atoms with E-state index in [1.54, 1.807) is 4.74 Å². The van der Waals surface area contributed by atoms with Crippen LogP contribution in [0.15, 0.2) is 12.6 Å². The fourth-order valence-electron chi connectivity index (χ4n) is 0.646. The van der Waals surface area contributed by atoms with Crippen molar-refractivity contribution in [1.82, 2.24) is 0 Å². The van der Waals surface area contributed by atoms with Gasteiger partial charge in [-0.3, -0.25) is 0 Å². The Balaban J connectivity index is 5.55. The third kappa shape index (κ3) is 3.65. The van der Waals surface area contributed by atoms with E-state index in [0.29, 0.717) is 0 Å². The molecule has 0 fully saturated rings. The van der Waals surface area contributed by atoms with E-state index >= 15 is 0 Å². The molecule has 12 heteroatoms. The van der Waals surface area contributed by atoms with Crippen LogP contribution in [0.1, 0.15) is 0 Å². The molecule has 0 saturated carbocycles. The van der Waals surface area contributed by atoms with Gasteiger partial charge in [-0.2, -0.15) is 30.7 Å². The number of ether oxygens (including phenoxy) is 2. The summed E-state index contributed by atoms with van der Waals surface area (Å²) in [6.07, 6.45) is -19.6. The molecule has 0 aliphatic rings. The quantitative estimate of drug-likeness (QED) is 0.580. The van der Waals surface area contributed by atoms with E-state index in [-0.39, 0.29) is 0 Å². The van der Waals surface area contributed by atoms with Crippen molar-refractivity contribution in [2.24, 2.45) is 0 Å². The molecule has 18 heavy (non-hydrogen) atoms. The topological polar surface area (TPSA) is 18.5 Å². The van der Waals surface area contributed by atoms with Crippen LogP contribution in [0.2, 0.25) is 0 Å². The van der Waals surface area contributed by atoms with Crippen molar-refractivity contribution in [3.63, 3.8) is 0 Å². The molecule has 0 amide bonds. The van der Waals surface area contributed by atoms with Gasteiger partial charge < -0.3 is 4.74 Å². The van der Waals surface area contributed by atoms with E-state index in [1.165, 1.54) is 0 Å². The van der Waals surface area contributed by atoms with Crippen LogP contribution >= 0.6 is 0 Å². The van der Waals surface area contributed by atoms with Crippen molar-refractivity contribution in [3.8, 4) is 0 Å². The second-order valence-corrected chi connectivity index (χ2v) is 2.61. The molecule has 0 rings (SSSR count). The largest absolute Gasteiger partial charge is 0.525 e. The van der Waals surface area contributed by atoms with Crippen LogP contribution in [0.25, 0.3) is 0 Å². The number of hydrogen-bond acceptors (Lipinski definition) is 2. The molecular weight excluding hydrogens is 294 g/mol. The third-order valence-corrected chi connectivity index (χ3v) is 1.23. The lowest BCUT2D eigenvalue weighted by atomic mass is 10.2. The maximum absolute atomic E-state index is 12.8. The minimum Gasteiger partial charge on any atom is -0.402 e.